The molecule has 0 bridgehead atoms. The molecular formula is C23H21F2N5O3S. The lowest BCUT2D eigenvalue weighted by Gasteiger charge is -2.16. The number of anilines is 1. The van der Waals surface area contributed by atoms with Crippen molar-refractivity contribution in [1.82, 2.24) is 10.3 Å². The van der Waals surface area contributed by atoms with Crippen LogP contribution < -0.4 is 15.4 Å². The Hall–Kier alpha value is -3.78. The predicted octanol–water partition coefficient (Wildman–Crippen LogP) is 4.44. The van der Waals surface area contributed by atoms with E-state index in [2.05, 4.69) is 27.5 Å². The number of amides is 2. The van der Waals surface area contributed by atoms with Crippen LogP contribution >= 0.6 is 11.8 Å². The number of hydrogen-bond acceptors (Lipinski definition) is 7. The molecule has 1 heterocycles. The van der Waals surface area contributed by atoms with Crippen molar-refractivity contribution in [2.24, 2.45) is 5.92 Å². The van der Waals surface area contributed by atoms with Crippen LogP contribution in [0.3, 0.4) is 0 Å². The van der Waals surface area contributed by atoms with Gasteiger partial charge in [0, 0.05) is 35.2 Å². The standard InChI is InChI=1S/C23H21F2N5O3S/c1-12(31)29-14-6-7-15(22(32)30-23(27)34-20(26)8-5-13-3-4-13)16(9-14)17-10-18(21(24)25)28-11-19(17)33-2/h6-7,9-11,13,21,26H,3-4H2,1-2H3,(H,29,31)(H2,27,30,32). The van der Waals surface area contributed by atoms with Crippen molar-refractivity contribution in [3.05, 3.63) is 41.7 Å². The molecule has 1 aliphatic rings. The average Bonchev–Trinajstić information content (AvgIpc) is 3.61. The molecule has 1 aromatic heterocycles. The van der Waals surface area contributed by atoms with Crippen LogP contribution in [0.5, 0.6) is 5.75 Å². The van der Waals surface area contributed by atoms with E-state index in [4.69, 9.17) is 15.6 Å². The summed E-state index contributed by atoms with van der Waals surface area (Å²) < 4.78 is 31.9. The molecule has 0 spiro atoms. The number of carbonyl (C=O) groups excluding carboxylic acids is 2. The SMILES string of the molecule is COc1cnc(C(F)F)cc1-c1cc(NC(C)=O)ccc1C(=O)NC(=N)SC(=N)C#CC1CC1. The van der Waals surface area contributed by atoms with E-state index in [-0.39, 0.29) is 38.6 Å². The van der Waals surface area contributed by atoms with Crippen molar-refractivity contribution in [1.29, 1.82) is 10.8 Å². The van der Waals surface area contributed by atoms with E-state index in [1.807, 2.05) is 0 Å². The van der Waals surface area contributed by atoms with Crippen LogP contribution in [0.25, 0.3) is 11.1 Å². The minimum absolute atomic E-state index is 0.0414. The van der Waals surface area contributed by atoms with Crippen LogP contribution in [0.4, 0.5) is 14.5 Å². The normalized spacial score (nSPS) is 12.4. The van der Waals surface area contributed by atoms with Gasteiger partial charge in [-0.15, -0.1) is 0 Å². The molecule has 1 aromatic carbocycles. The molecule has 1 fully saturated rings. The third kappa shape index (κ3) is 6.62. The lowest BCUT2D eigenvalue weighted by molar-refractivity contribution is -0.114. The zero-order valence-electron chi connectivity index (χ0n) is 18.3. The number of pyridine rings is 1. The minimum Gasteiger partial charge on any atom is -0.494 e. The molecule has 4 N–H and O–H groups in total. The molecular weight excluding hydrogens is 464 g/mol. The quantitative estimate of drug-likeness (QED) is 0.283. The second-order valence-corrected chi connectivity index (χ2v) is 8.33. The number of rotatable bonds is 5. The highest BCUT2D eigenvalue weighted by Gasteiger charge is 2.21. The van der Waals surface area contributed by atoms with Gasteiger partial charge in [0.15, 0.2) is 5.17 Å². The van der Waals surface area contributed by atoms with Crippen LogP contribution in [0.2, 0.25) is 0 Å². The van der Waals surface area contributed by atoms with E-state index in [1.54, 1.807) is 0 Å². The highest BCUT2D eigenvalue weighted by Crippen LogP contribution is 2.36. The maximum atomic E-state index is 13.3. The molecule has 0 radical (unpaired) electrons. The Morgan fingerprint density at radius 3 is 2.59 bits per heavy atom. The van der Waals surface area contributed by atoms with Crippen LogP contribution in [0.1, 0.15) is 42.2 Å². The van der Waals surface area contributed by atoms with E-state index in [9.17, 15) is 18.4 Å². The summed E-state index contributed by atoms with van der Waals surface area (Å²) in [5, 5.41) is 20.4. The van der Waals surface area contributed by atoms with Gasteiger partial charge in [-0.3, -0.25) is 25.4 Å². The number of thioether (sulfide) groups is 1. The minimum atomic E-state index is -2.85. The fraction of sp³-hybridized carbons (Fsp3) is 0.261. The summed E-state index contributed by atoms with van der Waals surface area (Å²) in [7, 11) is 1.33. The number of nitrogens with one attached hydrogen (secondary N) is 4. The number of amidine groups is 1. The molecule has 1 saturated carbocycles. The van der Waals surface area contributed by atoms with E-state index in [0.29, 0.717) is 23.4 Å². The Morgan fingerprint density at radius 2 is 1.97 bits per heavy atom. The molecule has 0 aliphatic heterocycles. The van der Waals surface area contributed by atoms with Gasteiger partial charge in [-0.05, 0) is 54.8 Å². The van der Waals surface area contributed by atoms with E-state index in [0.717, 1.165) is 25.1 Å². The van der Waals surface area contributed by atoms with Crippen LogP contribution in [-0.2, 0) is 4.79 Å². The molecule has 2 amide bonds. The largest absolute Gasteiger partial charge is 0.494 e. The van der Waals surface area contributed by atoms with Crippen molar-refractivity contribution < 1.29 is 23.1 Å². The summed E-state index contributed by atoms with van der Waals surface area (Å²) in [6.45, 7) is 1.31. The average molecular weight is 486 g/mol. The summed E-state index contributed by atoms with van der Waals surface area (Å²) in [6.07, 6.45) is 0.277. The first kappa shape index (κ1) is 24.9. The van der Waals surface area contributed by atoms with Gasteiger partial charge < -0.3 is 15.4 Å². The Bertz CT molecular complexity index is 1220. The number of aromatic nitrogens is 1. The highest BCUT2D eigenvalue weighted by molar-refractivity contribution is 8.26. The van der Waals surface area contributed by atoms with Gasteiger partial charge in [0.25, 0.3) is 12.3 Å². The van der Waals surface area contributed by atoms with Crippen molar-refractivity contribution >= 4 is 39.5 Å². The monoisotopic (exact) mass is 485 g/mol. The molecule has 2 aromatic rings. The van der Waals surface area contributed by atoms with Crippen LogP contribution in [0.15, 0.2) is 30.5 Å². The second kappa shape index (κ2) is 10.9. The number of alkyl halides is 2. The summed E-state index contributed by atoms with van der Waals surface area (Å²) in [5.41, 5.74) is 0.203. The van der Waals surface area contributed by atoms with E-state index in [1.165, 1.54) is 32.2 Å². The number of hydrogen-bond donors (Lipinski definition) is 4. The molecule has 0 saturated heterocycles. The Morgan fingerprint density at radius 1 is 1.24 bits per heavy atom. The molecule has 8 nitrogen and oxygen atoms in total. The van der Waals surface area contributed by atoms with Crippen molar-refractivity contribution in [2.45, 2.75) is 26.2 Å². The number of methoxy groups -OCH3 is 1. The highest BCUT2D eigenvalue weighted by atomic mass is 32.2. The van der Waals surface area contributed by atoms with Crippen LogP contribution in [-0.4, -0.2) is 34.1 Å². The number of carbonyl (C=O) groups is 2. The van der Waals surface area contributed by atoms with Gasteiger partial charge in [-0.1, -0.05) is 5.92 Å². The van der Waals surface area contributed by atoms with E-state index >= 15 is 0 Å². The topological polar surface area (TPSA) is 128 Å². The number of benzene rings is 1. The number of nitrogens with zero attached hydrogens (tertiary/aromatic N) is 1. The van der Waals surface area contributed by atoms with Crippen molar-refractivity contribution in [3.63, 3.8) is 0 Å². The Balaban J connectivity index is 1.94. The molecule has 1 aliphatic carbocycles. The first-order valence-corrected chi connectivity index (χ1v) is 10.9. The van der Waals surface area contributed by atoms with Crippen LogP contribution in [0, 0.1) is 28.6 Å². The van der Waals surface area contributed by atoms with Gasteiger partial charge in [0.1, 0.15) is 16.5 Å². The summed E-state index contributed by atoms with van der Waals surface area (Å²) in [6, 6.07) is 5.43. The summed E-state index contributed by atoms with van der Waals surface area (Å²) >= 11 is 0.690. The van der Waals surface area contributed by atoms with Gasteiger partial charge in [-0.2, -0.15) is 0 Å². The first-order chi connectivity index (χ1) is 16.2. The van der Waals surface area contributed by atoms with Crippen molar-refractivity contribution in [2.75, 3.05) is 12.4 Å². The Labute approximate surface area is 198 Å². The first-order valence-electron chi connectivity index (χ1n) is 10.1. The molecule has 3 rings (SSSR count). The molecule has 11 heteroatoms. The zero-order chi connectivity index (χ0) is 24.8. The zero-order valence-corrected chi connectivity index (χ0v) is 19.1. The lowest BCUT2D eigenvalue weighted by Crippen LogP contribution is -2.29. The third-order valence-corrected chi connectivity index (χ3v) is 5.22. The maximum absolute atomic E-state index is 13.3. The molecule has 0 unspecified atom stereocenters. The van der Waals surface area contributed by atoms with Gasteiger partial charge in [-0.25, -0.2) is 8.78 Å². The summed E-state index contributed by atoms with van der Waals surface area (Å²) in [4.78, 5) is 28.2. The maximum Gasteiger partial charge on any atom is 0.280 e. The molecule has 0 atom stereocenters. The fourth-order valence-corrected chi connectivity index (χ4v) is 3.37. The summed E-state index contributed by atoms with van der Waals surface area (Å²) in [5.74, 6) is 4.93. The Kier molecular flexibility index (Phi) is 7.96. The molecule has 176 valence electrons. The van der Waals surface area contributed by atoms with E-state index < -0.39 is 18.0 Å². The smallest absolute Gasteiger partial charge is 0.280 e. The number of ether oxygens (including phenoxy) is 1. The fourth-order valence-electron chi connectivity index (χ4n) is 2.92. The van der Waals surface area contributed by atoms with Gasteiger partial charge in [0.2, 0.25) is 5.91 Å². The number of halogens is 2. The predicted molar refractivity (Wildman–Crippen MR) is 126 cm³/mol. The second-order valence-electron chi connectivity index (χ2n) is 7.31. The van der Waals surface area contributed by atoms with Crippen molar-refractivity contribution in [3.8, 4) is 28.7 Å². The van der Waals surface area contributed by atoms with Gasteiger partial charge >= 0.3 is 0 Å². The molecule has 34 heavy (non-hydrogen) atoms. The third-order valence-electron chi connectivity index (χ3n) is 4.61. The lowest BCUT2D eigenvalue weighted by atomic mass is 9.97. The van der Waals surface area contributed by atoms with Gasteiger partial charge in [0.05, 0.1) is 13.3 Å².